The van der Waals surface area contributed by atoms with E-state index >= 15 is 0 Å². The van der Waals surface area contributed by atoms with Crippen molar-refractivity contribution in [3.63, 3.8) is 0 Å². The normalized spacial score (nSPS) is 19.9. The maximum Gasteiger partial charge on any atom is 0.254 e. The van der Waals surface area contributed by atoms with Crippen LogP contribution >= 0.6 is 12.4 Å². The van der Waals surface area contributed by atoms with E-state index < -0.39 is 0 Å². The molecular weight excluding hydrogens is 260 g/mol. The summed E-state index contributed by atoms with van der Waals surface area (Å²) in [4.78, 5) is 14.4. The van der Waals surface area contributed by atoms with Crippen LogP contribution in [0.3, 0.4) is 0 Å². The SMILES string of the molecule is CCc1ccccc1C(=O)N1CCC(C(C)N)C1.Cl. The quantitative estimate of drug-likeness (QED) is 0.926. The average Bonchev–Trinajstić information content (AvgIpc) is 2.87. The Hall–Kier alpha value is -1.06. The summed E-state index contributed by atoms with van der Waals surface area (Å²) in [5, 5.41) is 0. The molecule has 0 radical (unpaired) electrons. The van der Waals surface area contributed by atoms with Crippen LogP contribution in [0.25, 0.3) is 0 Å². The van der Waals surface area contributed by atoms with Gasteiger partial charge in [0.1, 0.15) is 0 Å². The minimum Gasteiger partial charge on any atom is -0.338 e. The summed E-state index contributed by atoms with van der Waals surface area (Å²) in [5.41, 5.74) is 7.90. The van der Waals surface area contributed by atoms with E-state index in [-0.39, 0.29) is 24.4 Å². The average molecular weight is 283 g/mol. The highest BCUT2D eigenvalue weighted by Gasteiger charge is 2.29. The van der Waals surface area contributed by atoms with Gasteiger partial charge in [0, 0.05) is 24.7 Å². The highest BCUT2D eigenvalue weighted by atomic mass is 35.5. The molecule has 3 nitrogen and oxygen atoms in total. The standard InChI is InChI=1S/C15H22N2O.ClH/c1-3-12-6-4-5-7-14(12)15(18)17-9-8-13(10-17)11(2)16;/h4-7,11,13H,3,8-10,16H2,1-2H3;1H. The molecule has 1 aromatic carbocycles. The lowest BCUT2D eigenvalue weighted by atomic mass is 10.0. The van der Waals surface area contributed by atoms with Gasteiger partial charge in [-0.2, -0.15) is 0 Å². The van der Waals surface area contributed by atoms with Crippen LogP contribution < -0.4 is 5.73 Å². The Morgan fingerprint density at radius 1 is 1.47 bits per heavy atom. The third-order valence-corrected chi connectivity index (χ3v) is 3.88. The molecule has 1 amide bonds. The van der Waals surface area contributed by atoms with E-state index in [9.17, 15) is 4.79 Å². The Morgan fingerprint density at radius 3 is 2.74 bits per heavy atom. The fourth-order valence-electron chi connectivity index (χ4n) is 2.61. The van der Waals surface area contributed by atoms with Gasteiger partial charge in [0.05, 0.1) is 0 Å². The lowest BCUT2D eigenvalue weighted by molar-refractivity contribution is 0.0785. The molecule has 4 heteroatoms. The van der Waals surface area contributed by atoms with Crippen LogP contribution in [0, 0.1) is 5.92 Å². The van der Waals surface area contributed by atoms with Gasteiger partial charge in [-0.3, -0.25) is 4.79 Å². The first-order valence-electron chi connectivity index (χ1n) is 6.76. The molecule has 0 aromatic heterocycles. The summed E-state index contributed by atoms with van der Waals surface area (Å²) in [7, 11) is 0. The molecular formula is C15H23ClN2O. The van der Waals surface area contributed by atoms with Crippen molar-refractivity contribution < 1.29 is 4.79 Å². The molecule has 1 aliphatic heterocycles. The summed E-state index contributed by atoms with van der Waals surface area (Å²) < 4.78 is 0. The van der Waals surface area contributed by atoms with Crippen molar-refractivity contribution in [3.8, 4) is 0 Å². The van der Waals surface area contributed by atoms with Gasteiger partial charge in [0.2, 0.25) is 0 Å². The minimum atomic E-state index is 0. The van der Waals surface area contributed by atoms with Crippen LogP contribution in [-0.2, 0) is 6.42 Å². The predicted molar refractivity (Wildman–Crippen MR) is 80.7 cm³/mol. The number of nitrogens with two attached hydrogens (primary N) is 1. The molecule has 2 N–H and O–H groups in total. The van der Waals surface area contributed by atoms with E-state index in [0.29, 0.717) is 5.92 Å². The molecule has 0 bridgehead atoms. The number of carbonyl (C=O) groups excluding carboxylic acids is 1. The molecule has 2 atom stereocenters. The highest BCUT2D eigenvalue weighted by molar-refractivity contribution is 5.95. The van der Waals surface area contributed by atoms with Crippen LogP contribution in [0.2, 0.25) is 0 Å². The smallest absolute Gasteiger partial charge is 0.254 e. The van der Waals surface area contributed by atoms with Crippen LogP contribution in [0.1, 0.15) is 36.2 Å². The summed E-state index contributed by atoms with van der Waals surface area (Å²) in [6.07, 6.45) is 1.92. The number of carbonyl (C=O) groups is 1. The van der Waals surface area contributed by atoms with Gasteiger partial charge in [0.25, 0.3) is 5.91 Å². The summed E-state index contributed by atoms with van der Waals surface area (Å²) in [6.45, 7) is 5.75. The zero-order valence-corrected chi connectivity index (χ0v) is 12.5. The zero-order valence-electron chi connectivity index (χ0n) is 11.6. The predicted octanol–water partition coefficient (Wildman–Crippen LogP) is 2.48. The Morgan fingerprint density at radius 2 is 2.16 bits per heavy atom. The Kier molecular flexibility index (Phi) is 5.83. The number of hydrogen-bond acceptors (Lipinski definition) is 2. The fourth-order valence-corrected chi connectivity index (χ4v) is 2.61. The Balaban J connectivity index is 0.00000180. The molecule has 1 fully saturated rings. The van der Waals surface area contributed by atoms with Crippen LogP contribution in [0.5, 0.6) is 0 Å². The van der Waals surface area contributed by atoms with Crippen molar-refractivity contribution >= 4 is 18.3 Å². The van der Waals surface area contributed by atoms with Gasteiger partial charge in [-0.25, -0.2) is 0 Å². The fraction of sp³-hybridized carbons (Fsp3) is 0.533. The first-order valence-corrected chi connectivity index (χ1v) is 6.76. The van der Waals surface area contributed by atoms with E-state index in [1.807, 2.05) is 36.1 Å². The van der Waals surface area contributed by atoms with Gasteiger partial charge in [-0.15, -0.1) is 12.4 Å². The van der Waals surface area contributed by atoms with Gasteiger partial charge in [-0.05, 0) is 37.3 Å². The second-order valence-electron chi connectivity index (χ2n) is 5.17. The topological polar surface area (TPSA) is 46.3 Å². The molecule has 2 unspecified atom stereocenters. The molecule has 1 saturated heterocycles. The lowest BCUT2D eigenvalue weighted by Gasteiger charge is -2.19. The molecule has 0 spiro atoms. The van der Waals surface area contributed by atoms with Crippen LogP contribution in [0.4, 0.5) is 0 Å². The minimum absolute atomic E-state index is 0. The van der Waals surface area contributed by atoms with Crippen LogP contribution in [0.15, 0.2) is 24.3 Å². The molecule has 1 heterocycles. The van der Waals surface area contributed by atoms with Crippen LogP contribution in [-0.4, -0.2) is 29.9 Å². The summed E-state index contributed by atoms with van der Waals surface area (Å²) in [5.74, 6) is 0.610. The van der Waals surface area contributed by atoms with Crippen molar-refractivity contribution in [3.05, 3.63) is 35.4 Å². The Bertz CT molecular complexity index is 434. The van der Waals surface area contributed by atoms with Crippen molar-refractivity contribution in [2.75, 3.05) is 13.1 Å². The van der Waals surface area contributed by atoms with Crippen molar-refractivity contribution in [2.24, 2.45) is 11.7 Å². The molecule has 106 valence electrons. The molecule has 19 heavy (non-hydrogen) atoms. The number of hydrogen-bond donors (Lipinski definition) is 1. The Labute approximate surface area is 121 Å². The number of nitrogens with zero attached hydrogens (tertiary/aromatic N) is 1. The monoisotopic (exact) mass is 282 g/mol. The second kappa shape index (κ2) is 6.92. The summed E-state index contributed by atoms with van der Waals surface area (Å²) in [6, 6.07) is 8.06. The molecule has 1 aliphatic rings. The third kappa shape index (κ3) is 3.48. The van der Waals surface area contributed by atoms with Gasteiger partial charge >= 0.3 is 0 Å². The lowest BCUT2D eigenvalue weighted by Crippen LogP contribution is -2.33. The molecule has 2 rings (SSSR count). The number of rotatable bonds is 3. The number of amides is 1. The molecule has 1 aromatic rings. The molecule has 0 aliphatic carbocycles. The zero-order chi connectivity index (χ0) is 13.1. The molecule has 0 saturated carbocycles. The maximum absolute atomic E-state index is 12.5. The van der Waals surface area contributed by atoms with E-state index in [2.05, 4.69) is 6.92 Å². The van der Waals surface area contributed by atoms with E-state index in [1.54, 1.807) is 0 Å². The number of aryl methyl sites for hydroxylation is 1. The number of halogens is 1. The van der Waals surface area contributed by atoms with Crippen molar-refractivity contribution in [2.45, 2.75) is 32.7 Å². The first-order chi connectivity index (χ1) is 8.63. The number of benzene rings is 1. The first kappa shape index (κ1) is 16.0. The van der Waals surface area contributed by atoms with E-state index in [0.717, 1.165) is 37.1 Å². The number of likely N-dealkylation sites (tertiary alicyclic amines) is 1. The van der Waals surface area contributed by atoms with Crippen molar-refractivity contribution in [1.29, 1.82) is 0 Å². The maximum atomic E-state index is 12.5. The van der Waals surface area contributed by atoms with Gasteiger partial charge in [0.15, 0.2) is 0 Å². The van der Waals surface area contributed by atoms with E-state index in [4.69, 9.17) is 5.73 Å². The second-order valence-corrected chi connectivity index (χ2v) is 5.17. The largest absolute Gasteiger partial charge is 0.338 e. The van der Waals surface area contributed by atoms with E-state index in [1.165, 1.54) is 0 Å². The third-order valence-electron chi connectivity index (χ3n) is 3.88. The van der Waals surface area contributed by atoms with Gasteiger partial charge < -0.3 is 10.6 Å². The van der Waals surface area contributed by atoms with Gasteiger partial charge in [-0.1, -0.05) is 25.1 Å². The van der Waals surface area contributed by atoms with Crippen molar-refractivity contribution in [1.82, 2.24) is 4.90 Å². The highest BCUT2D eigenvalue weighted by Crippen LogP contribution is 2.22. The summed E-state index contributed by atoms with van der Waals surface area (Å²) >= 11 is 0.